The highest BCUT2D eigenvalue weighted by molar-refractivity contribution is 6.02. The number of ketones is 1. The Labute approximate surface area is 373 Å². The van der Waals surface area contributed by atoms with Crippen LogP contribution in [0.3, 0.4) is 0 Å². The number of carbonyl (C=O) groups is 5. The number of nitrogens with zero attached hydrogens (tertiary/aromatic N) is 3. The number of hydrogen-bond donors (Lipinski definition) is 3. The molecule has 1 unspecified atom stereocenters. The first kappa shape index (κ1) is 44.1. The number of anilines is 1. The normalized spacial score (nSPS) is 34.9. The summed E-state index contributed by atoms with van der Waals surface area (Å²) >= 11 is 0. The van der Waals surface area contributed by atoms with Gasteiger partial charge in [-0.05, 0) is 99.7 Å². The Morgan fingerprint density at radius 1 is 0.938 bits per heavy atom. The molecule has 0 radical (unpaired) electrons. The van der Waals surface area contributed by atoms with Gasteiger partial charge in [-0.2, -0.15) is 0 Å². The van der Waals surface area contributed by atoms with Gasteiger partial charge >= 0.3 is 17.9 Å². The molecule has 9 rings (SSSR count). The summed E-state index contributed by atoms with van der Waals surface area (Å²) in [4.78, 5) is 79.4. The van der Waals surface area contributed by atoms with Crippen LogP contribution < -0.4 is 9.64 Å². The number of methoxy groups -OCH3 is 3. The number of ether oxygens (including phenoxy) is 4. The lowest BCUT2D eigenvalue weighted by Crippen LogP contribution is -2.81. The minimum absolute atomic E-state index is 0.0903. The average molecular weight is 881 g/mol. The molecule has 3 fully saturated rings. The van der Waals surface area contributed by atoms with Crippen LogP contribution >= 0.6 is 0 Å². The van der Waals surface area contributed by atoms with Crippen molar-refractivity contribution in [2.45, 2.75) is 113 Å². The van der Waals surface area contributed by atoms with Crippen LogP contribution in [-0.2, 0) is 50.6 Å². The van der Waals surface area contributed by atoms with Crippen molar-refractivity contribution in [1.29, 1.82) is 0 Å². The van der Waals surface area contributed by atoms with Crippen molar-refractivity contribution >= 4 is 46.7 Å². The van der Waals surface area contributed by atoms with E-state index >= 15 is 4.79 Å². The molecule has 342 valence electrons. The number of aliphatic hydroxyl groups is 2. The molecule has 3 aromatic rings. The van der Waals surface area contributed by atoms with Gasteiger partial charge in [0.15, 0.2) is 11.9 Å². The SMILES string of the molecule is CC[C@]1(O)C[C@H]2CN(CCc3c([nH]c4cc(C(C)=O)c(C)cc34)[C@@](C(=O)OC)(c3cc4c(cc3OC)N(C=O)[C@H]3[C@@](O)(C(=O)OC)[C@H](OC(C)=O)[C@]5(CC)C=CCN6CC[C@]43[C@@H]65)C2)C1. The van der Waals surface area contributed by atoms with Gasteiger partial charge in [0.05, 0.1) is 38.7 Å². The molecule has 2 bridgehead atoms. The lowest BCUT2D eigenvalue weighted by atomic mass is 9.47. The quantitative estimate of drug-likeness (QED) is 0.0921. The zero-order valence-electron chi connectivity index (χ0n) is 38.0. The van der Waals surface area contributed by atoms with Crippen molar-refractivity contribution < 1.29 is 53.1 Å². The van der Waals surface area contributed by atoms with Crippen LogP contribution in [0.2, 0.25) is 0 Å². The first-order chi connectivity index (χ1) is 30.5. The van der Waals surface area contributed by atoms with Crippen molar-refractivity contribution in [3.63, 3.8) is 0 Å². The van der Waals surface area contributed by atoms with Gasteiger partial charge in [-0.3, -0.25) is 29.0 Å². The van der Waals surface area contributed by atoms with E-state index in [2.05, 4.69) is 14.8 Å². The predicted octanol–water partition coefficient (Wildman–Crippen LogP) is 4.03. The maximum atomic E-state index is 15.5. The number of esters is 3. The molecule has 5 aliphatic heterocycles. The number of fused-ring (bicyclic) bond motifs is 6. The van der Waals surface area contributed by atoms with Gasteiger partial charge in [-0.1, -0.05) is 26.0 Å². The summed E-state index contributed by atoms with van der Waals surface area (Å²) in [7, 11) is 4.02. The first-order valence-electron chi connectivity index (χ1n) is 22.5. The number of nitrogens with one attached hydrogen (secondary N) is 1. The molecule has 2 saturated heterocycles. The Balaban J connectivity index is 1.39. The summed E-state index contributed by atoms with van der Waals surface area (Å²) in [6.45, 7) is 11.3. The number of amides is 1. The molecule has 10 atom stereocenters. The summed E-state index contributed by atoms with van der Waals surface area (Å²) in [6.07, 6.45) is 5.45. The molecule has 1 amide bonds. The third kappa shape index (κ3) is 5.75. The van der Waals surface area contributed by atoms with E-state index in [4.69, 9.17) is 18.9 Å². The number of piperidine rings is 1. The van der Waals surface area contributed by atoms with Crippen molar-refractivity contribution in [1.82, 2.24) is 14.8 Å². The van der Waals surface area contributed by atoms with E-state index in [-0.39, 0.29) is 23.9 Å². The number of hydrogen-bond acceptors (Lipinski definition) is 13. The molecule has 15 nitrogen and oxygen atoms in total. The molecule has 3 N–H and O–H groups in total. The monoisotopic (exact) mass is 880 g/mol. The van der Waals surface area contributed by atoms with E-state index in [1.807, 2.05) is 51.1 Å². The second kappa shape index (κ2) is 15.2. The Morgan fingerprint density at radius 3 is 2.33 bits per heavy atom. The first-order valence-corrected chi connectivity index (χ1v) is 22.5. The maximum Gasteiger partial charge on any atom is 0.344 e. The van der Waals surface area contributed by atoms with Crippen LogP contribution in [0, 0.1) is 18.3 Å². The van der Waals surface area contributed by atoms with E-state index in [9.17, 15) is 29.4 Å². The van der Waals surface area contributed by atoms with Crippen LogP contribution in [0.1, 0.15) is 98.1 Å². The Bertz CT molecular complexity index is 2520. The zero-order valence-corrected chi connectivity index (χ0v) is 38.0. The molecule has 6 heterocycles. The van der Waals surface area contributed by atoms with Gasteiger partial charge in [0.2, 0.25) is 12.0 Å². The van der Waals surface area contributed by atoms with E-state index in [0.29, 0.717) is 105 Å². The van der Waals surface area contributed by atoms with Crippen molar-refractivity contribution in [2.24, 2.45) is 11.3 Å². The summed E-state index contributed by atoms with van der Waals surface area (Å²) in [5.41, 5.74) is -2.58. The molecule has 1 aromatic heterocycles. The van der Waals surface area contributed by atoms with Gasteiger partial charge < -0.3 is 39.0 Å². The van der Waals surface area contributed by atoms with Crippen molar-refractivity contribution in [3.05, 3.63) is 69.9 Å². The average Bonchev–Trinajstić information content (AvgIpc) is 3.94. The maximum absolute atomic E-state index is 15.5. The topological polar surface area (TPSA) is 188 Å². The number of aromatic nitrogens is 1. The molecular formula is C49H60N4O11. The molecule has 2 aromatic carbocycles. The summed E-state index contributed by atoms with van der Waals surface area (Å²) < 4.78 is 23.8. The number of carbonyl (C=O) groups excluding carboxylic acids is 5. The predicted molar refractivity (Wildman–Crippen MR) is 235 cm³/mol. The fourth-order valence-electron chi connectivity index (χ4n) is 14.0. The molecule has 64 heavy (non-hydrogen) atoms. The van der Waals surface area contributed by atoms with Gasteiger partial charge in [-0.25, -0.2) is 4.79 Å². The largest absolute Gasteiger partial charge is 0.496 e. The molecule has 1 aliphatic carbocycles. The standard InChI is InChI=1S/C49H60N4O11/c1-9-45(59)22-30-23-48(43(57)62-7,39-31(12-16-51(24-30)25-45)33-18-27(3)32(28(4)55)19-36(33)50-39)35-20-34-37(21-38(35)61-6)53(26-54)41-47(34)14-17-52-15-11-13-46(10-2,40(47)52)42(64-29(5)56)49(41,60)44(58)63-8/h11,13,18-21,26,30,40-42,50,59-60H,9-10,12,14-17,22-25H2,1-8H3/t30-,40+,41-,42-,45+,46-,47-,48+,49+/m1/s1. The highest BCUT2D eigenvalue weighted by atomic mass is 16.6. The third-order valence-corrected chi connectivity index (χ3v) is 16.3. The fraction of sp³-hybridized carbons (Fsp3) is 0.571. The van der Waals surface area contributed by atoms with Gasteiger partial charge in [0.25, 0.3) is 0 Å². The van der Waals surface area contributed by atoms with Crippen LogP contribution in [-0.4, -0.2) is 139 Å². The van der Waals surface area contributed by atoms with Gasteiger partial charge in [0, 0.05) is 83.8 Å². The smallest absolute Gasteiger partial charge is 0.344 e. The third-order valence-electron chi connectivity index (χ3n) is 16.3. The Hall–Kier alpha value is -5.09. The number of aromatic amines is 1. The van der Waals surface area contributed by atoms with Crippen molar-refractivity contribution in [3.8, 4) is 5.75 Å². The van der Waals surface area contributed by atoms with E-state index in [0.717, 1.165) is 23.6 Å². The van der Waals surface area contributed by atoms with Crippen molar-refractivity contribution in [2.75, 3.05) is 59.0 Å². The van der Waals surface area contributed by atoms with Crippen LogP contribution in [0.15, 0.2) is 36.4 Å². The van der Waals surface area contributed by atoms with E-state index in [1.54, 1.807) is 6.07 Å². The molecule has 1 saturated carbocycles. The van der Waals surface area contributed by atoms with Gasteiger partial charge in [0.1, 0.15) is 11.2 Å². The van der Waals surface area contributed by atoms with Crippen LogP contribution in [0.4, 0.5) is 5.69 Å². The summed E-state index contributed by atoms with van der Waals surface area (Å²) in [6, 6.07) is 5.67. The molecule has 1 spiro atoms. The number of benzene rings is 2. The lowest BCUT2D eigenvalue weighted by molar-refractivity contribution is -0.228. The van der Waals surface area contributed by atoms with E-state index in [1.165, 1.54) is 33.0 Å². The Kier molecular flexibility index (Phi) is 10.5. The fourth-order valence-corrected chi connectivity index (χ4v) is 14.0. The lowest BCUT2D eigenvalue weighted by Gasteiger charge is -2.63. The summed E-state index contributed by atoms with van der Waals surface area (Å²) in [5.74, 6) is -2.37. The summed E-state index contributed by atoms with van der Waals surface area (Å²) in [5, 5.41) is 26.3. The number of aryl methyl sites for hydroxylation is 1. The Morgan fingerprint density at radius 2 is 1.69 bits per heavy atom. The molecule has 6 aliphatic rings. The van der Waals surface area contributed by atoms with Gasteiger partial charge in [-0.15, -0.1) is 0 Å². The second-order valence-electron chi connectivity index (χ2n) is 19.3. The highest BCUT2D eigenvalue weighted by Gasteiger charge is 2.81. The number of Topliss-reactive ketones (excluding diaryl/α,β-unsaturated/α-hetero) is 1. The molecular weight excluding hydrogens is 821 g/mol. The minimum Gasteiger partial charge on any atom is -0.496 e. The number of H-pyrrole nitrogens is 1. The zero-order chi connectivity index (χ0) is 45.9. The van der Waals surface area contributed by atoms with E-state index < -0.39 is 63.5 Å². The highest BCUT2D eigenvalue weighted by Crippen LogP contribution is 2.68. The second-order valence-corrected chi connectivity index (χ2v) is 19.3. The van der Waals surface area contributed by atoms with Crippen LogP contribution in [0.5, 0.6) is 5.75 Å². The van der Waals surface area contributed by atoms with Crippen LogP contribution in [0.25, 0.3) is 10.9 Å². The minimum atomic E-state index is -2.57. The molecule has 15 heteroatoms. The number of rotatable bonds is 9.